The van der Waals surface area contributed by atoms with E-state index in [-0.39, 0.29) is 23.9 Å². The van der Waals surface area contributed by atoms with Crippen LogP contribution >= 0.6 is 0 Å². The van der Waals surface area contributed by atoms with E-state index in [2.05, 4.69) is 17.2 Å². The number of hydrogen-bond donors (Lipinski definition) is 1. The van der Waals surface area contributed by atoms with Crippen molar-refractivity contribution in [2.75, 3.05) is 20.6 Å². The van der Waals surface area contributed by atoms with E-state index in [1.807, 2.05) is 0 Å². The largest absolute Gasteiger partial charge is 0.345 e. The molecule has 0 saturated carbocycles. The van der Waals surface area contributed by atoms with Gasteiger partial charge in [0.2, 0.25) is 0 Å². The second-order valence-corrected chi connectivity index (χ2v) is 5.27. The summed E-state index contributed by atoms with van der Waals surface area (Å²) in [6.07, 6.45) is 0. The van der Waals surface area contributed by atoms with Gasteiger partial charge in [-0.2, -0.15) is 0 Å². The molecule has 2 amide bonds. The smallest absolute Gasteiger partial charge is 0.253 e. The molecule has 0 bridgehead atoms. The molecular formula is C19H17FN2O2. The molecular weight excluding hydrogens is 307 g/mol. The molecule has 24 heavy (non-hydrogen) atoms. The molecule has 0 unspecified atom stereocenters. The van der Waals surface area contributed by atoms with Crippen molar-refractivity contribution in [3.8, 4) is 11.8 Å². The van der Waals surface area contributed by atoms with Crippen LogP contribution in [0.5, 0.6) is 0 Å². The average molecular weight is 324 g/mol. The van der Waals surface area contributed by atoms with Crippen LogP contribution in [0.2, 0.25) is 0 Å². The quantitative estimate of drug-likeness (QED) is 0.881. The summed E-state index contributed by atoms with van der Waals surface area (Å²) in [4.78, 5) is 25.1. The Hall–Kier alpha value is -3.13. The van der Waals surface area contributed by atoms with Gasteiger partial charge >= 0.3 is 0 Å². The number of nitrogens with one attached hydrogen (secondary N) is 1. The van der Waals surface area contributed by atoms with Crippen molar-refractivity contribution in [1.82, 2.24) is 10.2 Å². The predicted molar refractivity (Wildman–Crippen MR) is 90.1 cm³/mol. The fourth-order valence-corrected chi connectivity index (χ4v) is 1.96. The van der Waals surface area contributed by atoms with Gasteiger partial charge in [0.05, 0.1) is 6.54 Å². The van der Waals surface area contributed by atoms with E-state index >= 15 is 0 Å². The molecule has 0 aliphatic heterocycles. The van der Waals surface area contributed by atoms with Crippen LogP contribution in [-0.4, -0.2) is 37.4 Å². The zero-order chi connectivity index (χ0) is 17.5. The Labute approximate surface area is 140 Å². The Morgan fingerprint density at radius 2 is 1.79 bits per heavy atom. The number of carbonyl (C=O) groups excluding carboxylic acids is 2. The van der Waals surface area contributed by atoms with Crippen molar-refractivity contribution >= 4 is 11.8 Å². The molecule has 2 aromatic carbocycles. The first kappa shape index (κ1) is 17.2. The Morgan fingerprint density at radius 3 is 2.42 bits per heavy atom. The van der Waals surface area contributed by atoms with Crippen molar-refractivity contribution in [1.29, 1.82) is 0 Å². The van der Waals surface area contributed by atoms with Crippen LogP contribution < -0.4 is 5.32 Å². The van der Waals surface area contributed by atoms with Gasteiger partial charge in [0, 0.05) is 30.8 Å². The van der Waals surface area contributed by atoms with E-state index in [9.17, 15) is 14.0 Å². The zero-order valence-electron chi connectivity index (χ0n) is 13.5. The fraction of sp³-hybridized carbons (Fsp3) is 0.158. The molecule has 1 N–H and O–H groups in total. The minimum absolute atomic E-state index is 0.0723. The van der Waals surface area contributed by atoms with E-state index in [0.29, 0.717) is 5.56 Å². The minimum atomic E-state index is -0.457. The molecule has 0 aromatic heterocycles. The highest BCUT2D eigenvalue weighted by Crippen LogP contribution is 2.05. The molecule has 4 nitrogen and oxygen atoms in total. The van der Waals surface area contributed by atoms with Gasteiger partial charge in [-0.3, -0.25) is 9.59 Å². The Bertz CT molecular complexity index is 802. The number of rotatable bonds is 3. The summed E-state index contributed by atoms with van der Waals surface area (Å²) in [6, 6.07) is 12.4. The number of carbonyl (C=O) groups is 2. The van der Waals surface area contributed by atoms with E-state index in [1.54, 1.807) is 38.4 Å². The minimum Gasteiger partial charge on any atom is -0.345 e. The molecule has 0 spiro atoms. The number of amides is 2. The van der Waals surface area contributed by atoms with Crippen molar-refractivity contribution in [3.05, 3.63) is 71.0 Å². The summed E-state index contributed by atoms with van der Waals surface area (Å²) in [5, 5.41) is 2.60. The van der Waals surface area contributed by atoms with Crippen LogP contribution in [0.4, 0.5) is 4.39 Å². The van der Waals surface area contributed by atoms with Crippen LogP contribution in [0.15, 0.2) is 48.5 Å². The normalized spacial score (nSPS) is 9.62. The van der Waals surface area contributed by atoms with Gasteiger partial charge < -0.3 is 10.2 Å². The second kappa shape index (κ2) is 7.93. The lowest BCUT2D eigenvalue weighted by molar-refractivity contribution is 0.0827. The second-order valence-electron chi connectivity index (χ2n) is 5.27. The monoisotopic (exact) mass is 324 g/mol. The summed E-state index contributed by atoms with van der Waals surface area (Å²) in [7, 11) is 3.38. The van der Waals surface area contributed by atoms with E-state index in [1.165, 1.54) is 29.2 Å². The van der Waals surface area contributed by atoms with Crippen LogP contribution in [-0.2, 0) is 0 Å². The lowest BCUT2D eigenvalue weighted by Crippen LogP contribution is -2.23. The summed E-state index contributed by atoms with van der Waals surface area (Å²) in [5.41, 5.74) is 1.58. The molecule has 5 heteroatoms. The van der Waals surface area contributed by atoms with Crippen LogP contribution in [0, 0.1) is 17.7 Å². The Morgan fingerprint density at radius 1 is 1.08 bits per heavy atom. The first-order valence-corrected chi connectivity index (χ1v) is 7.32. The lowest BCUT2D eigenvalue weighted by atomic mass is 10.1. The van der Waals surface area contributed by atoms with Crippen LogP contribution in [0.1, 0.15) is 26.3 Å². The molecule has 0 aliphatic rings. The fourth-order valence-electron chi connectivity index (χ4n) is 1.96. The number of halogens is 1. The maximum absolute atomic E-state index is 13.0. The maximum Gasteiger partial charge on any atom is 0.253 e. The molecule has 0 atom stereocenters. The molecule has 2 aromatic rings. The topological polar surface area (TPSA) is 49.4 Å². The van der Waals surface area contributed by atoms with Gasteiger partial charge in [-0.15, -0.1) is 0 Å². The van der Waals surface area contributed by atoms with Gasteiger partial charge in [-0.05, 0) is 42.5 Å². The molecule has 2 rings (SSSR count). The zero-order valence-corrected chi connectivity index (χ0v) is 13.5. The predicted octanol–water partition coefficient (Wildman–Crippen LogP) is 2.31. The first-order valence-electron chi connectivity index (χ1n) is 7.32. The number of hydrogen-bond acceptors (Lipinski definition) is 2. The summed E-state index contributed by atoms with van der Waals surface area (Å²) in [5.74, 6) is 4.80. The molecule has 122 valence electrons. The van der Waals surface area contributed by atoms with Gasteiger partial charge in [0.15, 0.2) is 0 Å². The van der Waals surface area contributed by atoms with Crippen molar-refractivity contribution in [2.24, 2.45) is 0 Å². The molecule has 0 fully saturated rings. The highest BCUT2D eigenvalue weighted by atomic mass is 19.1. The van der Waals surface area contributed by atoms with E-state index in [4.69, 9.17) is 0 Å². The molecule has 0 saturated heterocycles. The number of benzene rings is 2. The van der Waals surface area contributed by atoms with Gasteiger partial charge in [0.1, 0.15) is 5.82 Å². The van der Waals surface area contributed by atoms with Crippen molar-refractivity contribution in [3.63, 3.8) is 0 Å². The average Bonchev–Trinajstić information content (AvgIpc) is 2.58. The van der Waals surface area contributed by atoms with E-state index < -0.39 is 5.82 Å². The highest BCUT2D eigenvalue weighted by molar-refractivity contribution is 5.94. The summed E-state index contributed by atoms with van der Waals surface area (Å²) in [6.45, 7) is 0.147. The lowest BCUT2D eigenvalue weighted by Gasteiger charge is -2.09. The molecule has 0 heterocycles. The third kappa shape index (κ3) is 4.68. The SMILES string of the molecule is CN(C)C(=O)c1ccc(C#CCNC(=O)c2cccc(F)c2)cc1. The standard InChI is InChI=1S/C19H17FN2O2/c1-22(2)19(24)15-10-8-14(9-11-15)5-4-12-21-18(23)16-6-3-7-17(20)13-16/h3,6-11,13H,12H2,1-2H3,(H,21,23). The third-order valence-electron chi connectivity index (χ3n) is 3.19. The molecule has 0 aliphatic carbocycles. The van der Waals surface area contributed by atoms with E-state index in [0.717, 1.165) is 5.56 Å². The van der Waals surface area contributed by atoms with Gasteiger partial charge in [-0.1, -0.05) is 17.9 Å². The Balaban J connectivity index is 1.91. The van der Waals surface area contributed by atoms with Crippen molar-refractivity contribution in [2.45, 2.75) is 0 Å². The first-order chi connectivity index (χ1) is 11.5. The van der Waals surface area contributed by atoms with Crippen LogP contribution in [0.25, 0.3) is 0 Å². The maximum atomic E-state index is 13.0. The Kier molecular flexibility index (Phi) is 5.69. The molecule has 0 radical (unpaired) electrons. The van der Waals surface area contributed by atoms with Crippen LogP contribution in [0.3, 0.4) is 0 Å². The highest BCUT2D eigenvalue weighted by Gasteiger charge is 2.06. The van der Waals surface area contributed by atoms with Gasteiger partial charge in [0.25, 0.3) is 11.8 Å². The third-order valence-corrected chi connectivity index (χ3v) is 3.19. The summed E-state index contributed by atoms with van der Waals surface area (Å²) >= 11 is 0. The number of nitrogens with zero attached hydrogens (tertiary/aromatic N) is 1. The van der Waals surface area contributed by atoms with Gasteiger partial charge in [-0.25, -0.2) is 4.39 Å². The van der Waals surface area contributed by atoms with Crippen molar-refractivity contribution < 1.29 is 14.0 Å². The summed E-state index contributed by atoms with van der Waals surface area (Å²) < 4.78 is 13.0.